The second-order valence-electron chi connectivity index (χ2n) is 6.44. The van der Waals surface area contributed by atoms with Crippen LogP contribution in [-0.4, -0.2) is 56.6 Å². The Labute approximate surface area is 157 Å². The molecule has 1 aromatic carbocycles. The van der Waals surface area contributed by atoms with E-state index in [9.17, 15) is 5.11 Å². The van der Waals surface area contributed by atoms with E-state index in [4.69, 9.17) is 9.47 Å². The Bertz CT molecular complexity index is 504. The number of hydrogen-bond acceptors (Lipinski definition) is 4. The van der Waals surface area contributed by atoms with Crippen LogP contribution >= 0.6 is 0 Å². The molecule has 3 N–H and O–H groups in total. The maximum absolute atomic E-state index is 10.2. The van der Waals surface area contributed by atoms with Crippen LogP contribution in [0.25, 0.3) is 0 Å². The molecule has 0 saturated carbocycles. The summed E-state index contributed by atoms with van der Waals surface area (Å²) in [5.41, 5.74) is 0.946. The van der Waals surface area contributed by atoms with Crippen LogP contribution in [0.4, 0.5) is 0 Å². The second-order valence-corrected chi connectivity index (χ2v) is 6.44. The maximum Gasteiger partial charge on any atom is 0.191 e. The molecule has 6 heteroatoms. The third-order valence-corrected chi connectivity index (χ3v) is 4.33. The average Bonchev–Trinajstić information content (AvgIpc) is 2.69. The molecule has 26 heavy (non-hydrogen) atoms. The van der Waals surface area contributed by atoms with Gasteiger partial charge in [-0.25, -0.2) is 0 Å². The van der Waals surface area contributed by atoms with Gasteiger partial charge < -0.3 is 25.2 Å². The van der Waals surface area contributed by atoms with Gasteiger partial charge in [-0.2, -0.15) is 0 Å². The minimum Gasteiger partial charge on any atom is -0.388 e. The first-order valence-electron chi connectivity index (χ1n) is 9.74. The minimum atomic E-state index is -0.459. The molecule has 1 unspecified atom stereocenters. The zero-order valence-electron chi connectivity index (χ0n) is 15.8. The lowest BCUT2D eigenvalue weighted by Gasteiger charge is -2.22. The van der Waals surface area contributed by atoms with Crippen molar-refractivity contribution in [1.29, 1.82) is 0 Å². The van der Waals surface area contributed by atoms with Crippen molar-refractivity contribution in [2.75, 3.05) is 39.5 Å². The SMILES string of the molecule is CCNC(=NCCCOC1CCOCC1)NCCC(O)c1ccccc1. The maximum atomic E-state index is 10.2. The van der Waals surface area contributed by atoms with Gasteiger partial charge in [0, 0.05) is 39.5 Å². The smallest absolute Gasteiger partial charge is 0.191 e. The highest BCUT2D eigenvalue weighted by Crippen LogP contribution is 2.14. The third-order valence-electron chi connectivity index (χ3n) is 4.33. The lowest BCUT2D eigenvalue weighted by molar-refractivity contribution is -0.0318. The van der Waals surface area contributed by atoms with Crippen molar-refractivity contribution in [1.82, 2.24) is 10.6 Å². The highest BCUT2D eigenvalue weighted by molar-refractivity contribution is 5.79. The Kier molecular flexibility index (Phi) is 10.1. The summed E-state index contributed by atoms with van der Waals surface area (Å²) in [6, 6.07) is 9.74. The van der Waals surface area contributed by atoms with Gasteiger partial charge in [-0.15, -0.1) is 0 Å². The lowest BCUT2D eigenvalue weighted by atomic mass is 10.1. The van der Waals surface area contributed by atoms with Gasteiger partial charge in [0.05, 0.1) is 12.2 Å². The monoisotopic (exact) mass is 363 g/mol. The van der Waals surface area contributed by atoms with Crippen molar-refractivity contribution < 1.29 is 14.6 Å². The van der Waals surface area contributed by atoms with Crippen molar-refractivity contribution in [2.24, 2.45) is 4.99 Å². The summed E-state index contributed by atoms with van der Waals surface area (Å²) in [4.78, 5) is 4.57. The van der Waals surface area contributed by atoms with Gasteiger partial charge in [-0.1, -0.05) is 30.3 Å². The number of aliphatic hydroxyl groups excluding tert-OH is 1. The van der Waals surface area contributed by atoms with Crippen LogP contribution in [0.1, 0.15) is 44.3 Å². The zero-order chi connectivity index (χ0) is 18.5. The molecule has 1 aliphatic rings. The molecule has 1 aromatic rings. The molecule has 1 saturated heterocycles. The molecule has 1 fully saturated rings. The van der Waals surface area contributed by atoms with Crippen LogP contribution in [-0.2, 0) is 9.47 Å². The molecule has 1 aliphatic heterocycles. The standard InChI is InChI=1S/C20H33N3O3/c1-2-21-20(22-12-6-14-26-18-10-15-25-16-11-18)23-13-9-19(24)17-7-4-3-5-8-17/h3-5,7-8,18-19,24H,2,6,9-16H2,1H3,(H2,21,22,23). The number of aliphatic hydroxyl groups is 1. The van der Waals surface area contributed by atoms with Gasteiger partial charge in [-0.05, 0) is 38.2 Å². The molecule has 0 amide bonds. The predicted molar refractivity (Wildman–Crippen MR) is 104 cm³/mol. The van der Waals surface area contributed by atoms with Crippen molar-refractivity contribution in [3.8, 4) is 0 Å². The summed E-state index contributed by atoms with van der Waals surface area (Å²) in [6.45, 7) is 6.61. The second kappa shape index (κ2) is 12.7. The number of nitrogens with one attached hydrogen (secondary N) is 2. The molecule has 0 aromatic heterocycles. The predicted octanol–water partition coefficient (Wildman–Crippen LogP) is 2.25. The number of ether oxygens (including phenoxy) is 2. The fraction of sp³-hybridized carbons (Fsp3) is 0.650. The van der Waals surface area contributed by atoms with Gasteiger partial charge >= 0.3 is 0 Å². The Hall–Kier alpha value is -1.63. The summed E-state index contributed by atoms with van der Waals surface area (Å²) in [7, 11) is 0. The number of hydrogen-bond donors (Lipinski definition) is 3. The number of guanidine groups is 1. The topological polar surface area (TPSA) is 75.1 Å². The van der Waals surface area contributed by atoms with Crippen LogP contribution in [0.2, 0.25) is 0 Å². The van der Waals surface area contributed by atoms with E-state index in [2.05, 4.69) is 15.6 Å². The van der Waals surface area contributed by atoms with Crippen molar-refractivity contribution in [3.63, 3.8) is 0 Å². The Morgan fingerprint density at radius 2 is 2.04 bits per heavy atom. The molecule has 146 valence electrons. The van der Waals surface area contributed by atoms with Crippen molar-refractivity contribution >= 4 is 5.96 Å². The highest BCUT2D eigenvalue weighted by Gasteiger charge is 2.13. The molecule has 6 nitrogen and oxygen atoms in total. The number of rotatable bonds is 10. The Morgan fingerprint density at radius 3 is 2.77 bits per heavy atom. The number of aliphatic imine (C=N–C) groups is 1. The molecule has 0 aliphatic carbocycles. The molecule has 1 atom stereocenters. The first kappa shape index (κ1) is 20.7. The third kappa shape index (κ3) is 8.17. The fourth-order valence-corrected chi connectivity index (χ4v) is 2.86. The van der Waals surface area contributed by atoms with Crippen LogP contribution in [0, 0.1) is 0 Å². The normalized spacial score (nSPS) is 17.1. The van der Waals surface area contributed by atoms with E-state index in [-0.39, 0.29) is 0 Å². The minimum absolute atomic E-state index is 0.346. The largest absolute Gasteiger partial charge is 0.388 e. The van der Waals surface area contributed by atoms with Gasteiger partial charge in [0.1, 0.15) is 0 Å². The molecule has 0 radical (unpaired) electrons. The van der Waals surface area contributed by atoms with E-state index in [0.717, 1.165) is 63.7 Å². The summed E-state index contributed by atoms with van der Waals surface area (Å²) >= 11 is 0. The van der Waals surface area contributed by atoms with Crippen LogP contribution in [0.3, 0.4) is 0 Å². The number of nitrogens with zero attached hydrogens (tertiary/aromatic N) is 1. The van der Waals surface area contributed by atoms with Crippen molar-refractivity contribution in [2.45, 2.75) is 44.8 Å². The van der Waals surface area contributed by atoms with E-state index in [1.165, 1.54) is 0 Å². The van der Waals surface area contributed by atoms with E-state index < -0.39 is 6.10 Å². The number of benzene rings is 1. The van der Waals surface area contributed by atoms with E-state index in [0.29, 0.717) is 19.1 Å². The van der Waals surface area contributed by atoms with Crippen LogP contribution < -0.4 is 10.6 Å². The first-order valence-corrected chi connectivity index (χ1v) is 9.74. The lowest BCUT2D eigenvalue weighted by Crippen LogP contribution is -2.38. The average molecular weight is 364 g/mol. The molecule has 1 heterocycles. The molecule has 0 bridgehead atoms. The van der Waals surface area contributed by atoms with Gasteiger partial charge in [-0.3, -0.25) is 4.99 Å². The molecule has 0 spiro atoms. The fourth-order valence-electron chi connectivity index (χ4n) is 2.86. The Balaban J connectivity index is 1.62. The first-order chi connectivity index (χ1) is 12.8. The summed E-state index contributed by atoms with van der Waals surface area (Å²) in [5, 5.41) is 16.7. The molecular formula is C20H33N3O3. The van der Waals surface area contributed by atoms with Gasteiger partial charge in [0.15, 0.2) is 5.96 Å². The van der Waals surface area contributed by atoms with E-state index >= 15 is 0 Å². The summed E-state index contributed by atoms with van der Waals surface area (Å²) in [6.07, 6.45) is 3.43. The summed E-state index contributed by atoms with van der Waals surface area (Å²) < 4.78 is 11.2. The van der Waals surface area contributed by atoms with Gasteiger partial charge in [0.25, 0.3) is 0 Å². The molecule has 2 rings (SSSR count). The zero-order valence-corrected chi connectivity index (χ0v) is 15.8. The van der Waals surface area contributed by atoms with E-state index in [1.807, 2.05) is 37.3 Å². The van der Waals surface area contributed by atoms with Crippen LogP contribution in [0.5, 0.6) is 0 Å². The Morgan fingerprint density at radius 1 is 1.27 bits per heavy atom. The van der Waals surface area contributed by atoms with Crippen molar-refractivity contribution in [3.05, 3.63) is 35.9 Å². The highest BCUT2D eigenvalue weighted by atomic mass is 16.5. The summed E-state index contributed by atoms with van der Waals surface area (Å²) in [5.74, 6) is 0.791. The van der Waals surface area contributed by atoms with Crippen LogP contribution in [0.15, 0.2) is 35.3 Å². The van der Waals surface area contributed by atoms with Gasteiger partial charge in [0.2, 0.25) is 0 Å². The van der Waals surface area contributed by atoms with E-state index in [1.54, 1.807) is 0 Å². The molecular weight excluding hydrogens is 330 g/mol. The quantitative estimate of drug-likeness (QED) is 0.338.